The summed E-state index contributed by atoms with van der Waals surface area (Å²) in [6.45, 7) is 4.84. The molecule has 3 rings (SSSR count). The number of carbonyl (C=O) groups excluding carboxylic acids is 2. The van der Waals surface area contributed by atoms with Gasteiger partial charge in [0.2, 0.25) is 0 Å². The molecule has 1 aromatic carbocycles. The molecular formula is C17H21NO5. The number of hydrogen-bond acceptors (Lipinski definition) is 6. The van der Waals surface area contributed by atoms with Crippen molar-refractivity contribution in [2.75, 3.05) is 11.9 Å². The van der Waals surface area contributed by atoms with Crippen molar-refractivity contribution in [1.82, 2.24) is 0 Å². The van der Waals surface area contributed by atoms with Crippen molar-refractivity contribution in [2.45, 2.75) is 51.5 Å². The predicted molar refractivity (Wildman–Crippen MR) is 83.0 cm³/mol. The van der Waals surface area contributed by atoms with E-state index in [4.69, 9.17) is 14.2 Å². The topological polar surface area (TPSA) is 73.9 Å². The molecule has 2 bridgehead atoms. The van der Waals surface area contributed by atoms with Gasteiger partial charge in [0, 0.05) is 31.5 Å². The minimum atomic E-state index is -0.489. The van der Waals surface area contributed by atoms with Crippen LogP contribution < -0.4 is 5.32 Å². The average Bonchev–Trinajstić information content (AvgIpc) is 2.47. The lowest BCUT2D eigenvalue weighted by atomic mass is 9.85. The molecule has 1 N–H and O–H groups in total. The highest BCUT2D eigenvalue weighted by atomic mass is 16.6. The molecule has 1 saturated heterocycles. The second kappa shape index (κ2) is 6.20. The summed E-state index contributed by atoms with van der Waals surface area (Å²) in [7, 11) is 0. The van der Waals surface area contributed by atoms with Crippen LogP contribution in [-0.4, -0.2) is 36.8 Å². The van der Waals surface area contributed by atoms with Crippen LogP contribution in [0.4, 0.5) is 5.69 Å². The van der Waals surface area contributed by atoms with Crippen LogP contribution in [0.5, 0.6) is 0 Å². The van der Waals surface area contributed by atoms with Gasteiger partial charge in [0.05, 0.1) is 12.1 Å². The van der Waals surface area contributed by atoms with E-state index in [-0.39, 0.29) is 30.7 Å². The van der Waals surface area contributed by atoms with Crippen LogP contribution in [0.25, 0.3) is 0 Å². The Morgan fingerprint density at radius 2 is 2.09 bits per heavy atom. The molecule has 0 amide bonds. The van der Waals surface area contributed by atoms with Gasteiger partial charge in [0.25, 0.3) is 0 Å². The number of hydrogen-bond donors (Lipinski definition) is 1. The summed E-state index contributed by atoms with van der Waals surface area (Å²) in [5.41, 5.74) is 3.28. The number of benzene rings is 1. The van der Waals surface area contributed by atoms with Crippen molar-refractivity contribution in [3.8, 4) is 0 Å². The summed E-state index contributed by atoms with van der Waals surface area (Å²) >= 11 is 0. The fourth-order valence-corrected chi connectivity index (χ4v) is 3.41. The summed E-state index contributed by atoms with van der Waals surface area (Å²) in [5, 5.41) is 3.44. The third-order valence-corrected chi connectivity index (χ3v) is 4.31. The van der Waals surface area contributed by atoms with E-state index in [0.717, 1.165) is 16.8 Å². The highest BCUT2D eigenvalue weighted by Crippen LogP contribution is 2.43. The Kier molecular flexibility index (Phi) is 4.26. The largest absolute Gasteiger partial charge is 0.463 e. The summed E-state index contributed by atoms with van der Waals surface area (Å²) in [6.07, 6.45) is -0.347. The van der Waals surface area contributed by atoms with Gasteiger partial charge in [-0.3, -0.25) is 9.59 Å². The second-order valence-electron chi connectivity index (χ2n) is 6.06. The maximum absolute atomic E-state index is 11.4. The summed E-state index contributed by atoms with van der Waals surface area (Å²) < 4.78 is 16.7. The molecular weight excluding hydrogens is 298 g/mol. The van der Waals surface area contributed by atoms with E-state index in [1.165, 1.54) is 13.8 Å². The van der Waals surface area contributed by atoms with Crippen molar-refractivity contribution in [1.29, 1.82) is 0 Å². The van der Waals surface area contributed by atoms with Gasteiger partial charge >= 0.3 is 11.9 Å². The smallest absolute Gasteiger partial charge is 0.303 e. The SMILES string of the molecule is CC(=O)OC[C@H]1O[C@H]2C[C@H](Nc3cccc(C)c32)[C@@H]1OC(C)=O. The Balaban J connectivity index is 1.89. The molecule has 0 spiro atoms. The number of aryl methyl sites for hydroxylation is 1. The zero-order valence-electron chi connectivity index (χ0n) is 13.5. The van der Waals surface area contributed by atoms with Gasteiger partial charge in [-0.25, -0.2) is 0 Å². The van der Waals surface area contributed by atoms with Crippen LogP contribution in [0.15, 0.2) is 18.2 Å². The fraction of sp³-hybridized carbons (Fsp3) is 0.529. The van der Waals surface area contributed by atoms with Gasteiger partial charge in [-0.2, -0.15) is 0 Å². The molecule has 1 aromatic rings. The Morgan fingerprint density at radius 3 is 2.78 bits per heavy atom. The number of esters is 2. The third-order valence-electron chi connectivity index (χ3n) is 4.31. The molecule has 0 saturated carbocycles. The summed E-state index contributed by atoms with van der Waals surface area (Å²) in [4.78, 5) is 22.6. The van der Waals surface area contributed by atoms with E-state index in [9.17, 15) is 9.59 Å². The van der Waals surface area contributed by atoms with Gasteiger partial charge in [0.1, 0.15) is 12.7 Å². The average molecular weight is 319 g/mol. The van der Waals surface area contributed by atoms with Crippen molar-refractivity contribution >= 4 is 17.6 Å². The number of anilines is 1. The normalized spacial score (nSPS) is 28.3. The van der Waals surface area contributed by atoms with Crippen LogP contribution in [0, 0.1) is 6.92 Å². The van der Waals surface area contributed by atoms with Crippen molar-refractivity contribution in [3.05, 3.63) is 29.3 Å². The van der Waals surface area contributed by atoms with E-state index in [2.05, 4.69) is 5.32 Å². The van der Waals surface area contributed by atoms with Gasteiger partial charge < -0.3 is 19.5 Å². The van der Waals surface area contributed by atoms with E-state index >= 15 is 0 Å². The van der Waals surface area contributed by atoms with Crippen LogP contribution in [0.3, 0.4) is 0 Å². The summed E-state index contributed by atoms with van der Waals surface area (Å²) in [5.74, 6) is -0.753. The summed E-state index contributed by atoms with van der Waals surface area (Å²) in [6, 6.07) is 5.97. The lowest BCUT2D eigenvalue weighted by Gasteiger charge is -2.46. The van der Waals surface area contributed by atoms with E-state index in [1.54, 1.807) is 0 Å². The number of nitrogens with one attached hydrogen (secondary N) is 1. The Morgan fingerprint density at radius 1 is 1.30 bits per heavy atom. The number of ether oxygens (including phenoxy) is 3. The molecule has 0 aliphatic carbocycles. The minimum Gasteiger partial charge on any atom is -0.463 e. The molecule has 2 aliphatic heterocycles. The van der Waals surface area contributed by atoms with Gasteiger partial charge in [0.15, 0.2) is 6.10 Å². The minimum absolute atomic E-state index is 0.0625. The van der Waals surface area contributed by atoms with E-state index in [0.29, 0.717) is 6.42 Å². The molecule has 1 fully saturated rings. The molecule has 2 aliphatic rings. The lowest BCUT2D eigenvalue weighted by molar-refractivity contribution is -0.185. The maximum Gasteiger partial charge on any atom is 0.303 e. The second-order valence-corrected chi connectivity index (χ2v) is 6.06. The monoisotopic (exact) mass is 319 g/mol. The van der Waals surface area contributed by atoms with Crippen LogP contribution >= 0.6 is 0 Å². The lowest BCUT2D eigenvalue weighted by Crippen LogP contribution is -2.55. The zero-order chi connectivity index (χ0) is 16.6. The highest BCUT2D eigenvalue weighted by Gasteiger charge is 2.45. The predicted octanol–water partition coefficient (Wildman–Crippen LogP) is 2.11. The Bertz CT molecular complexity index is 629. The molecule has 0 unspecified atom stereocenters. The molecule has 124 valence electrons. The Labute approximate surface area is 135 Å². The Hall–Kier alpha value is -2.08. The highest BCUT2D eigenvalue weighted by molar-refractivity contribution is 5.67. The van der Waals surface area contributed by atoms with Crippen LogP contribution in [0.2, 0.25) is 0 Å². The standard InChI is InChI=1S/C17H21NO5/c1-9-5-4-6-12-16(9)14-7-13(18-12)17(22-11(3)20)15(23-14)8-21-10(2)19/h4-6,13-15,17-18H,7-8H2,1-3H3/t13-,14-,15+,17-/m0/s1. The van der Waals surface area contributed by atoms with Gasteiger partial charge in [-0.05, 0) is 18.6 Å². The molecule has 2 heterocycles. The van der Waals surface area contributed by atoms with Crippen molar-refractivity contribution in [3.63, 3.8) is 0 Å². The molecule has 4 atom stereocenters. The first-order valence-electron chi connectivity index (χ1n) is 7.78. The molecule has 6 nitrogen and oxygen atoms in total. The quantitative estimate of drug-likeness (QED) is 0.860. The van der Waals surface area contributed by atoms with E-state index in [1.807, 2.05) is 25.1 Å². The molecule has 6 heteroatoms. The number of rotatable bonds is 3. The molecule has 0 radical (unpaired) electrons. The van der Waals surface area contributed by atoms with Crippen molar-refractivity contribution < 1.29 is 23.8 Å². The number of carbonyl (C=O) groups is 2. The molecule has 0 aromatic heterocycles. The van der Waals surface area contributed by atoms with Gasteiger partial charge in [-0.15, -0.1) is 0 Å². The number of fused-ring (bicyclic) bond motifs is 4. The van der Waals surface area contributed by atoms with Gasteiger partial charge in [-0.1, -0.05) is 12.1 Å². The first-order valence-corrected chi connectivity index (χ1v) is 7.78. The van der Waals surface area contributed by atoms with Crippen molar-refractivity contribution in [2.24, 2.45) is 0 Å². The first-order chi connectivity index (χ1) is 11.0. The van der Waals surface area contributed by atoms with Crippen LogP contribution in [-0.2, 0) is 23.8 Å². The maximum atomic E-state index is 11.4. The first kappa shape index (κ1) is 15.8. The van der Waals surface area contributed by atoms with Crippen LogP contribution in [0.1, 0.15) is 37.5 Å². The molecule has 23 heavy (non-hydrogen) atoms. The third kappa shape index (κ3) is 3.17. The fourth-order valence-electron chi connectivity index (χ4n) is 3.41. The van der Waals surface area contributed by atoms with E-state index < -0.39 is 12.2 Å². The zero-order valence-corrected chi connectivity index (χ0v) is 13.5.